The molecule has 4 heteroatoms. The van der Waals surface area contributed by atoms with Gasteiger partial charge in [0.25, 0.3) is 0 Å². The van der Waals surface area contributed by atoms with E-state index in [0.717, 1.165) is 44.6 Å². The number of hydrogen-bond donors (Lipinski definition) is 0. The van der Waals surface area contributed by atoms with Crippen LogP contribution in [0.25, 0.3) is 88.4 Å². The monoisotopic (exact) mass is 586 g/mol. The largest absolute Gasteiger partial charge is 0.279 e. The quantitative estimate of drug-likeness (QED) is 0.206. The minimum Gasteiger partial charge on any atom is -0.279 e. The number of benzene rings is 7. The fourth-order valence-corrected chi connectivity index (χ4v) is 7.07. The van der Waals surface area contributed by atoms with Crippen molar-refractivity contribution in [3.8, 4) is 28.2 Å². The van der Waals surface area contributed by atoms with Crippen molar-refractivity contribution >= 4 is 60.2 Å². The average molecular weight is 587 g/mol. The molecule has 0 unspecified atom stereocenters. The van der Waals surface area contributed by atoms with Crippen molar-refractivity contribution in [3.63, 3.8) is 0 Å². The lowest BCUT2D eigenvalue weighted by molar-refractivity contribution is 0.979. The predicted octanol–water partition coefficient (Wildman–Crippen LogP) is 10.6. The zero-order valence-electron chi connectivity index (χ0n) is 24.8. The van der Waals surface area contributed by atoms with Crippen LogP contribution in [0.3, 0.4) is 0 Å². The third-order valence-corrected chi connectivity index (χ3v) is 9.30. The molecule has 10 aromatic rings. The lowest BCUT2D eigenvalue weighted by Gasteiger charge is -2.12. The van der Waals surface area contributed by atoms with Gasteiger partial charge in [-0.05, 0) is 81.6 Å². The zero-order valence-corrected chi connectivity index (χ0v) is 24.8. The van der Waals surface area contributed by atoms with Crippen LogP contribution in [0.15, 0.2) is 158 Å². The van der Waals surface area contributed by atoms with Crippen molar-refractivity contribution in [2.24, 2.45) is 0 Å². The Morgan fingerprint density at radius 2 is 0.957 bits per heavy atom. The SMILES string of the molecule is c1ccc2cc(-c3ccc(-c4ccc5c(c4)c4ccccc4n5-c4nc5ccccc5c5nc6ccccc6n45)cc3)ccc2c1. The molecule has 0 atom stereocenters. The van der Waals surface area contributed by atoms with Crippen LogP contribution in [-0.2, 0) is 0 Å². The molecule has 0 aliphatic carbocycles. The molecule has 0 fully saturated rings. The van der Waals surface area contributed by atoms with E-state index in [9.17, 15) is 0 Å². The average Bonchev–Trinajstić information content (AvgIpc) is 3.68. The first kappa shape index (κ1) is 25.1. The van der Waals surface area contributed by atoms with Crippen LogP contribution >= 0.6 is 0 Å². The molecule has 0 aliphatic rings. The van der Waals surface area contributed by atoms with E-state index in [1.165, 1.54) is 43.8 Å². The zero-order chi connectivity index (χ0) is 30.2. The van der Waals surface area contributed by atoms with Gasteiger partial charge >= 0.3 is 0 Å². The van der Waals surface area contributed by atoms with Gasteiger partial charge in [0, 0.05) is 16.2 Å². The molecule has 214 valence electrons. The van der Waals surface area contributed by atoms with E-state index in [1.807, 2.05) is 12.1 Å². The Balaban J connectivity index is 1.16. The Kier molecular flexibility index (Phi) is 5.25. The summed E-state index contributed by atoms with van der Waals surface area (Å²) >= 11 is 0. The summed E-state index contributed by atoms with van der Waals surface area (Å²) in [5.74, 6) is 0.834. The molecular formula is C42H26N4. The van der Waals surface area contributed by atoms with Crippen LogP contribution in [-0.4, -0.2) is 18.9 Å². The van der Waals surface area contributed by atoms with Crippen molar-refractivity contribution in [1.82, 2.24) is 18.9 Å². The Morgan fingerprint density at radius 3 is 1.78 bits per heavy atom. The lowest BCUT2D eigenvalue weighted by atomic mass is 9.97. The molecule has 0 saturated carbocycles. The van der Waals surface area contributed by atoms with Gasteiger partial charge < -0.3 is 0 Å². The van der Waals surface area contributed by atoms with Crippen LogP contribution in [0, 0.1) is 0 Å². The summed E-state index contributed by atoms with van der Waals surface area (Å²) in [7, 11) is 0. The van der Waals surface area contributed by atoms with Crippen molar-refractivity contribution in [1.29, 1.82) is 0 Å². The van der Waals surface area contributed by atoms with Crippen LogP contribution < -0.4 is 0 Å². The van der Waals surface area contributed by atoms with Crippen molar-refractivity contribution in [2.45, 2.75) is 0 Å². The first-order valence-corrected chi connectivity index (χ1v) is 15.6. The van der Waals surface area contributed by atoms with Crippen molar-refractivity contribution in [3.05, 3.63) is 158 Å². The molecule has 3 heterocycles. The van der Waals surface area contributed by atoms with Gasteiger partial charge in [0.05, 0.1) is 27.6 Å². The smallest absolute Gasteiger partial charge is 0.221 e. The summed E-state index contributed by atoms with van der Waals surface area (Å²) in [6.07, 6.45) is 0. The Labute approximate surface area is 264 Å². The van der Waals surface area contributed by atoms with Crippen molar-refractivity contribution < 1.29 is 0 Å². The second-order valence-electron chi connectivity index (χ2n) is 11.9. The number of imidazole rings is 1. The van der Waals surface area contributed by atoms with Gasteiger partial charge in [0.2, 0.25) is 5.95 Å². The van der Waals surface area contributed by atoms with E-state index in [-0.39, 0.29) is 0 Å². The highest BCUT2D eigenvalue weighted by Gasteiger charge is 2.20. The number of para-hydroxylation sites is 4. The number of rotatable bonds is 3. The maximum atomic E-state index is 5.29. The molecule has 0 N–H and O–H groups in total. The van der Waals surface area contributed by atoms with Gasteiger partial charge in [0.15, 0.2) is 0 Å². The van der Waals surface area contributed by atoms with Gasteiger partial charge in [0.1, 0.15) is 5.65 Å². The normalized spacial score (nSPS) is 11.9. The first-order chi connectivity index (χ1) is 22.8. The third kappa shape index (κ3) is 3.67. The molecule has 0 aliphatic heterocycles. The minimum absolute atomic E-state index is 0.834. The lowest BCUT2D eigenvalue weighted by Crippen LogP contribution is -2.06. The molecule has 46 heavy (non-hydrogen) atoms. The minimum atomic E-state index is 0.834. The summed E-state index contributed by atoms with van der Waals surface area (Å²) in [6, 6.07) is 56.1. The second kappa shape index (κ2) is 9.62. The number of aromatic nitrogens is 4. The predicted molar refractivity (Wildman–Crippen MR) is 191 cm³/mol. The van der Waals surface area contributed by atoms with Crippen molar-refractivity contribution in [2.75, 3.05) is 0 Å². The Bertz CT molecular complexity index is 2800. The first-order valence-electron chi connectivity index (χ1n) is 15.6. The maximum absolute atomic E-state index is 5.29. The summed E-state index contributed by atoms with van der Waals surface area (Å²) in [6.45, 7) is 0. The molecule has 0 saturated heterocycles. The summed E-state index contributed by atoms with van der Waals surface area (Å²) in [4.78, 5) is 10.4. The number of nitrogens with zero attached hydrogens (tertiary/aromatic N) is 4. The van der Waals surface area contributed by atoms with Crippen LogP contribution in [0.4, 0.5) is 0 Å². The van der Waals surface area contributed by atoms with Gasteiger partial charge in [-0.1, -0.05) is 109 Å². The van der Waals surface area contributed by atoms with E-state index in [0.29, 0.717) is 0 Å². The molecule has 0 spiro atoms. The molecule has 0 radical (unpaired) electrons. The van der Waals surface area contributed by atoms with E-state index < -0.39 is 0 Å². The summed E-state index contributed by atoms with van der Waals surface area (Å²) in [5, 5.41) is 5.94. The van der Waals surface area contributed by atoms with E-state index >= 15 is 0 Å². The summed E-state index contributed by atoms with van der Waals surface area (Å²) in [5.41, 5.74) is 10.9. The molecular weight excluding hydrogens is 560 g/mol. The topological polar surface area (TPSA) is 35.1 Å². The van der Waals surface area contributed by atoms with Gasteiger partial charge in [-0.2, -0.15) is 0 Å². The second-order valence-corrected chi connectivity index (χ2v) is 11.9. The van der Waals surface area contributed by atoms with E-state index in [2.05, 4.69) is 155 Å². The van der Waals surface area contributed by atoms with E-state index in [1.54, 1.807) is 0 Å². The molecule has 0 amide bonds. The Morgan fingerprint density at radius 1 is 0.370 bits per heavy atom. The van der Waals surface area contributed by atoms with Gasteiger partial charge in [-0.15, -0.1) is 0 Å². The molecule has 0 bridgehead atoms. The molecule has 10 rings (SSSR count). The highest BCUT2D eigenvalue weighted by molar-refractivity contribution is 6.10. The van der Waals surface area contributed by atoms with Crippen LogP contribution in [0.5, 0.6) is 0 Å². The van der Waals surface area contributed by atoms with Crippen LogP contribution in [0.1, 0.15) is 0 Å². The standard InChI is InChI=1S/C42H26N4/c1-2-10-30-25-31(22-21-27(30)9-1)28-17-19-29(20-18-28)32-23-24-39-35(26-32)33-11-4-7-15-38(33)45(39)42-44-36-13-5-3-12-34(36)41-43-37-14-6-8-16-40(37)46(41)42/h1-26H. The third-order valence-electron chi connectivity index (χ3n) is 9.30. The van der Waals surface area contributed by atoms with E-state index in [4.69, 9.17) is 9.97 Å². The van der Waals surface area contributed by atoms with Gasteiger partial charge in [-0.3, -0.25) is 8.97 Å². The fourth-order valence-electron chi connectivity index (χ4n) is 7.07. The highest BCUT2D eigenvalue weighted by Crippen LogP contribution is 2.37. The Hall–Kier alpha value is -6.26. The molecule has 4 nitrogen and oxygen atoms in total. The maximum Gasteiger partial charge on any atom is 0.221 e. The fraction of sp³-hybridized carbons (Fsp3) is 0. The van der Waals surface area contributed by atoms with Crippen LogP contribution in [0.2, 0.25) is 0 Å². The molecule has 3 aromatic heterocycles. The van der Waals surface area contributed by atoms with Gasteiger partial charge in [-0.25, -0.2) is 9.97 Å². The number of hydrogen-bond acceptors (Lipinski definition) is 2. The number of fused-ring (bicyclic) bond motifs is 9. The highest BCUT2D eigenvalue weighted by atomic mass is 15.2. The molecule has 7 aromatic carbocycles. The summed E-state index contributed by atoms with van der Waals surface area (Å²) < 4.78 is 4.51.